The molecule has 1 aliphatic rings. The van der Waals surface area contributed by atoms with Crippen LogP contribution in [0.2, 0.25) is 0 Å². The van der Waals surface area contributed by atoms with Crippen LogP contribution in [0.3, 0.4) is 0 Å². The highest BCUT2D eigenvalue weighted by atomic mass is 19.4. The molecule has 2 unspecified atom stereocenters. The van der Waals surface area contributed by atoms with E-state index in [1.54, 1.807) is 13.8 Å². The zero-order chi connectivity index (χ0) is 13.5. The Hall–Kier alpha value is -0.850. The average Bonchev–Trinajstić information content (AvgIpc) is 2.76. The van der Waals surface area contributed by atoms with Gasteiger partial charge < -0.3 is 9.47 Å². The van der Waals surface area contributed by atoms with Crippen molar-refractivity contribution in [3.63, 3.8) is 0 Å². The number of hydrogen-bond acceptors (Lipinski definition) is 2. The first-order valence-corrected chi connectivity index (χ1v) is 4.89. The summed E-state index contributed by atoms with van der Waals surface area (Å²) in [4.78, 5) is 0. The minimum atomic E-state index is -5.62. The third-order valence-corrected chi connectivity index (χ3v) is 2.49. The second kappa shape index (κ2) is 4.12. The highest BCUT2D eigenvalue weighted by Crippen LogP contribution is 2.55. The lowest BCUT2D eigenvalue weighted by atomic mass is 9.99. The smallest absolute Gasteiger partial charge is 0.456 e. The summed E-state index contributed by atoms with van der Waals surface area (Å²) in [7, 11) is 0. The summed E-state index contributed by atoms with van der Waals surface area (Å²) >= 11 is 0. The van der Waals surface area contributed by atoms with Gasteiger partial charge >= 0.3 is 12.1 Å². The molecular formula is C10H13F5O2. The molecule has 2 atom stereocenters. The van der Waals surface area contributed by atoms with Gasteiger partial charge in [0.05, 0.1) is 6.26 Å². The summed E-state index contributed by atoms with van der Waals surface area (Å²) in [6.45, 7) is 3.82. The minimum absolute atomic E-state index is 0.326. The lowest BCUT2D eigenvalue weighted by Crippen LogP contribution is -2.49. The fraction of sp³-hybridized carbons (Fsp3) is 0.800. The van der Waals surface area contributed by atoms with Crippen LogP contribution in [-0.2, 0) is 9.47 Å². The normalized spacial score (nSPS) is 28.8. The Morgan fingerprint density at radius 2 is 1.82 bits per heavy atom. The molecule has 7 heteroatoms. The summed E-state index contributed by atoms with van der Waals surface area (Å²) in [6, 6.07) is 0. The number of rotatable bonds is 4. The van der Waals surface area contributed by atoms with Crippen molar-refractivity contribution in [2.75, 3.05) is 6.61 Å². The van der Waals surface area contributed by atoms with E-state index in [1.165, 1.54) is 6.26 Å². The van der Waals surface area contributed by atoms with E-state index in [4.69, 9.17) is 4.74 Å². The Bertz CT molecular complexity index is 319. The average molecular weight is 260 g/mol. The molecule has 1 rings (SSSR count). The predicted octanol–water partition coefficient (Wildman–Crippen LogP) is 3.28. The Labute approximate surface area is 95.4 Å². The molecule has 1 fully saturated rings. The van der Waals surface area contributed by atoms with Crippen LogP contribution in [0.5, 0.6) is 0 Å². The van der Waals surface area contributed by atoms with Gasteiger partial charge in [0.25, 0.3) is 0 Å². The summed E-state index contributed by atoms with van der Waals surface area (Å²) < 4.78 is 71.6. The molecule has 0 amide bonds. The van der Waals surface area contributed by atoms with Crippen molar-refractivity contribution in [1.29, 1.82) is 0 Å². The Balaban J connectivity index is 2.61. The zero-order valence-electron chi connectivity index (χ0n) is 9.57. The third kappa shape index (κ3) is 2.53. The molecule has 0 aromatic rings. The minimum Gasteiger partial charge on any atom is -0.498 e. The van der Waals surface area contributed by atoms with Crippen molar-refractivity contribution < 1.29 is 31.4 Å². The summed E-state index contributed by atoms with van der Waals surface area (Å²) in [6.07, 6.45) is -5.59. The van der Waals surface area contributed by atoms with E-state index >= 15 is 0 Å². The van der Waals surface area contributed by atoms with Crippen LogP contribution in [0.25, 0.3) is 0 Å². The van der Waals surface area contributed by atoms with Crippen molar-refractivity contribution in [2.24, 2.45) is 0 Å². The monoisotopic (exact) mass is 260 g/mol. The first kappa shape index (κ1) is 14.2. The Morgan fingerprint density at radius 1 is 1.29 bits per heavy atom. The molecule has 0 aromatic carbocycles. The second-order valence-electron chi connectivity index (χ2n) is 4.31. The van der Waals surface area contributed by atoms with E-state index in [9.17, 15) is 22.0 Å². The molecule has 2 nitrogen and oxygen atoms in total. The van der Waals surface area contributed by atoms with Crippen LogP contribution in [0.4, 0.5) is 22.0 Å². The number of hydrogen-bond donors (Lipinski definition) is 0. The van der Waals surface area contributed by atoms with Crippen LogP contribution in [0.15, 0.2) is 11.8 Å². The van der Waals surface area contributed by atoms with Crippen molar-refractivity contribution in [3.8, 4) is 0 Å². The highest BCUT2D eigenvalue weighted by Gasteiger charge is 2.79. The van der Waals surface area contributed by atoms with Crippen molar-refractivity contribution >= 4 is 0 Å². The number of epoxide rings is 1. The first-order valence-electron chi connectivity index (χ1n) is 4.89. The van der Waals surface area contributed by atoms with Crippen LogP contribution in [0.1, 0.15) is 20.8 Å². The molecular weight excluding hydrogens is 247 g/mol. The largest absolute Gasteiger partial charge is 0.498 e. The number of alkyl halides is 5. The fourth-order valence-electron chi connectivity index (χ4n) is 1.31. The van der Waals surface area contributed by atoms with Gasteiger partial charge in [-0.15, -0.1) is 0 Å². The van der Waals surface area contributed by atoms with Gasteiger partial charge in [0.1, 0.15) is 12.7 Å². The van der Waals surface area contributed by atoms with Gasteiger partial charge in [0.15, 0.2) is 5.60 Å². The maximum absolute atomic E-state index is 13.0. The van der Waals surface area contributed by atoms with Gasteiger partial charge in [0, 0.05) is 0 Å². The van der Waals surface area contributed by atoms with Gasteiger partial charge in [-0.05, 0) is 26.3 Å². The van der Waals surface area contributed by atoms with Crippen LogP contribution in [0, 0.1) is 0 Å². The number of halogens is 5. The standard InChI is InChI=1S/C10H13F5O2/c1-6(2)4-16-5-7-8(3,17-7)9(11,12)10(13,14)15/h4,7H,5H2,1-3H3. The van der Waals surface area contributed by atoms with Crippen LogP contribution < -0.4 is 0 Å². The second-order valence-corrected chi connectivity index (χ2v) is 4.31. The first-order chi connectivity index (χ1) is 7.52. The van der Waals surface area contributed by atoms with Crippen molar-refractivity contribution in [3.05, 3.63) is 11.8 Å². The van der Waals surface area contributed by atoms with E-state index < -0.39 is 23.8 Å². The molecule has 100 valence electrons. The Kier molecular flexibility index (Phi) is 3.44. The summed E-state index contributed by atoms with van der Waals surface area (Å²) in [5, 5.41) is 0. The lowest BCUT2D eigenvalue weighted by molar-refractivity contribution is -0.303. The molecule has 0 radical (unpaired) electrons. The molecule has 0 aliphatic carbocycles. The third-order valence-electron chi connectivity index (χ3n) is 2.49. The predicted molar refractivity (Wildman–Crippen MR) is 49.7 cm³/mol. The van der Waals surface area contributed by atoms with Gasteiger partial charge in [0.2, 0.25) is 0 Å². The fourth-order valence-corrected chi connectivity index (χ4v) is 1.31. The van der Waals surface area contributed by atoms with Crippen molar-refractivity contribution in [2.45, 2.75) is 44.6 Å². The van der Waals surface area contributed by atoms with Gasteiger partial charge in [-0.1, -0.05) is 0 Å². The molecule has 1 aliphatic heterocycles. The summed E-state index contributed by atoms with van der Waals surface area (Å²) in [5.74, 6) is -4.88. The SMILES string of the molecule is CC(C)=COCC1OC1(C)C(F)(F)C(F)(F)F. The van der Waals surface area contributed by atoms with E-state index in [1.807, 2.05) is 0 Å². The van der Waals surface area contributed by atoms with Crippen LogP contribution in [-0.4, -0.2) is 30.4 Å². The maximum atomic E-state index is 13.0. The van der Waals surface area contributed by atoms with Gasteiger partial charge in [-0.3, -0.25) is 0 Å². The molecule has 1 saturated heterocycles. The quantitative estimate of drug-likeness (QED) is 0.439. The lowest BCUT2D eigenvalue weighted by Gasteiger charge is -2.23. The van der Waals surface area contributed by atoms with Gasteiger partial charge in [-0.2, -0.15) is 22.0 Å². The molecule has 0 bridgehead atoms. The number of ether oxygens (including phenoxy) is 2. The maximum Gasteiger partial charge on any atom is 0.456 e. The molecule has 17 heavy (non-hydrogen) atoms. The molecule has 1 heterocycles. The Morgan fingerprint density at radius 3 is 2.24 bits per heavy atom. The van der Waals surface area contributed by atoms with E-state index in [-0.39, 0.29) is 6.61 Å². The van der Waals surface area contributed by atoms with Gasteiger partial charge in [-0.25, -0.2) is 0 Å². The van der Waals surface area contributed by atoms with E-state index in [2.05, 4.69) is 4.74 Å². The number of allylic oxidation sites excluding steroid dienone is 1. The summed E-state index contributed by atoms with van der Waals surface area (Å²) in [5.41, 5.74) is -1.75. The van der Waals surface area contributed by atoms with E-state index in [0.717, 1.165) is 12.5 Å². The topological polar surface area (TPSA) is 21.8 Å². The highest BCUT2D eigenvalue weighted by molar-refractivity contribution is 5.11. The van der Waals surface area contributed by atoms with Crippen LogP contribution >= 0.6 is 0 Å². The zero-order valence-corrected chi connectivity index (χ0v) is 9.57. The van der Waals surface area contributed by atoms with Crippen molar-refractivity contribution in [1.82, 2.24) is 0 Å². The molecule has 0 saturated carbocycles. The molecule has 0 N–H and O–H groups in total. The molecule has 0 spiro atoms. The van der Waals surface area contributed by atoms with E-state index in [0.29, 0.717) is 0 Å². The molecule has 0 aromatic heterocycles.